The van der Waals surface area contributed by atoms with E-state index in [4.69, 9.17) is 5.11 Å². The monoisotopic (exact) mass is 128 g/mol. The zero-order valence-corrected chi connectivity index (χ0v) is 5.76. The number of nitrogens with zero attached hydrogens (tertiary/aromatic N) is 1. The molecule has 0 bridgehead atoms. The molecule has 1 atom stereocenters. The van der Waals surface area contributed by atoms with Gasteiger partial charge in [0.15, 0.2) is 0 Å². The first-order chi connectivity index (χ1) is 4.22. The molecule has 0 fully saturated rings. The minimum Gasteiger partial charge on any atom is -0.385 e. The first-order valence-electron chi connectivity index (χ1n) is 2.74. The quantitative estimate of drug-likeness (QED) is 0.410. The van der Waals surface area contributed by atoms with Crippen molar-refractivity contribution in [1.29, 1.82) is 0 Å². The smallest absolute Gasteiger partial charge is 0.129 e. The summed E-state index contributed by atoms with van der Waals surface area (Å²) in [5.74, 6) is 0.532. The van der Waals surface area contributed by atoms with Crippen LogP contribution in [-0.4, -0.2) is 24.1 Å². The molecule has 0 aliphatic carbocycles. The third kappa shape index (κ3) is 2.87. The van der Waals surface area contributed by atoms with Crippen LogP contribution in [0.5, 0.6) is 0 Å². The van der Waals surface area contributed by atoms with Gasteiger partial charge in [-0.1, -0.05) is 6.58 Å². The van der Waals surface area contributed by atoms with Crippen molar-refractivity contribution in [1.82, 2.24) is 5.32 Å². The van der Waals surface area contributed by atoms with Crippen LogP contribution in [0.3, 0.4) is 0 Å². The van der Waals surface area contributed by atoms with Crippen LogP contribution in [0.1, 0.15) is 6.92 Å². The lowest BCUT2D eigenvalue weighted by Gasteiger charge is -2.06. The van der Waals surface area contributed by atoms with Crippen LogP contribution in [0.25, 0.3) is 0 Å². The SMILES string of the molecule is C=CNC(=NC)[C@H](C)O. The van der Waals surface area contributed by atoms with Gasteiger partial charge >= 0.3 is 0 Å². The minimum atomic E-state index is -0.548. The Bertz CT molecular complexity index is 118. The van der Waals surface area contributed by atoms with Crippen LogP contribution in [-0.2, 0) is 0 Å². The molecule has 0 saturated carbocycles. The highest BCUT2D eigenvalue weighted by Crippen LogP contribution is 1.81. The van der Waals surface area contributed by atoms with Gasteiger partial charge in [0.05, 0.1) is 0 Å². The molecule has 0 aliphatic heterocycles. The Morgan fingerprint density at radius 1 is 1.89 bits per heavy atom. The second-order valence-corrected chi connectivity index (χ2v) is 1.63. The number of nitrogens with one attached hydrogen (secondary N) is 1. The highest BCUT2D eigenvalue weighted by Gasteiger charge is 2.00. The number of aliphatic hydroxyl groups excluding tert-OH is 1. The first-order valence-corrected chi connectivity index (χ1v) is 2.74. The van der Waals surface area contributed by atoms with Crippen molar-refractivity contribution < 1.29 is 5.11 Å². The molecule has 0 saturated heterocycles. The summed E-state index contributed by atoms with van der Waals surface area (Å²) in [5.41, 5.74) is 0. The highest BCUT2D eigenvalue weighted by molar-refractivity contribution is 5.86. The Labute approximate surface area is 55.1 Å². The molecule has 0 aliphatic rings. The van der Waals surface area contributed by atoms with Crippen LogP contribution >= 0.6 is 0 Å². The number of aliphatic imine (C=N–C) groups is 1. The molecule has 3 heteroatoms. The zero-order valence-electron chi connectivity index (χ0n) is 5.76. The van der Waals surface area contributed by atoms with E-state index in [1.165, 1.54) is 6.20 Å². The molecule has 2 N–H and O–H groups in total. The molecular weight excluding hydrogens is 116 g/mol. The van der Waals surface area contributed by atoms with Crippen LogP contribution in [0.15, 0.2) is 17.8 Å². The van der Waals surface area contributed by atoms with Gasteiger partial charge in [0.2, 0.25) is 0 Å². The maximum absolute atomic E-state index is 8.90. The van der Waals surface area contributed by atoms with E-state index in [9.17, 15) is 0 Å². The van der Waals surface area contributed by atoms with E-state index in [1.807, 2.05) is 0 Å². The summed E-state index contributed by atoms with van der Waals surface area (Å²) in [6.45, 7) is 5.07. The van der Waals surface area contributed by atoms with Gasteiger partial charge in [0, 0.05) is 7.05 Å². The van der Waals surface area contributed by atoms with Crippen molar-refractivity contribution in [2.24, 2.45) is 4.99 Å². The lowest BCUT2D eigenvalue weighted by atomic mass is 10.4. The average Bonchev–Trinajstić information content (AvgIpc) is 1.82. The highest BCUT2D eigenvalue weighted by atomic mass is 16.3. The van der Waals surface area contributed by atoms with Crippen molar-refractivity contribution in [2.75, 3.05) is 7.05 Å². The Morgan fingerprint density at radius 3 is 2.56 bits per heavy atom. The number of hydrogen-bond donors (Lipinski definition) is 2. The van der Waals surface area contributed by atoms with Gasteiger partial charge in [0.25, 0.3) is 0 Å². The summed E-state index contributed by atoms with van der Waals surface area (Å²) >= 11 is 0. The Kier molecular flexibility index (Phi) is 3.71. The maximum Gasteiger partial charge on any atom is 0.129 e. The van der Waals surface area contributed by atoms with Gasteiger partial charge in [-0.15, -0.1) is 0 Å². The molecule has 0 aromatic carbocycles. The molecule has 0 unspecified atom stereocenters. The predicted molar refractivity (Wildman–Crippen MR) is 38.4 cm³/mol. The topological polar surface area (TPSA) is 44.6 Å². The van der Waals surface area contributed by atoms with Gasteiger partial charge < -0.3 is 10.4 Å². The first kappa shape index (κ1) is 8.17. The second-order valence-electron chi connectivity index (χ2n) is 1.63. The number of aliphatic hydroxyl groups is 1. The molecule has 52 valence electrons. The fourth-order valence-electron chi connectivity index (χ4n) is 0.477. The van der Waals surface area contributed by atoms with Crippen LogP contribution in [0, 0.1) is 0 Å². The summed E-state index contributed by atoms with van der Waals surface area (Å²) in [7, 11) is 1.61. The summed E-state index contributed by atoms with van der Waals surface area (Å²) in [4.78, 5) is 3.76. The molecular formula is C6H12N2O. The van der Waals surface area contributed by atoms with Crippen LogP contribution in [0.2, 0.25) is 0 Å². The Balaban J connectivity index is 3.84. The normalized spacial score (nSPS) is 14.8. The molecule has 0 radical (unpaired) electrons. The van der Waals surface area contributed by atoms with E-state index in [0.29, 0.717) is 5.84 Å². The Hall–Kier alpha value is -0.830. The van der Waals surface area contributed by atoms with Crippen LogP contribution < -0.4 is 5.32 Å². The van der Waals surface area contributed by atoms with E-state index in [0.717, 1.165) is 0 Å². The Morgan fingerprint density at radius 2 is 2.44 bits per heavy atom. The second kappa shape index (κ2) is 4.09. The number of amidine groups is 1. The number of rotatable bonds is 2. The van der Waals surface area contributed by atoms with Crippen molar-refractivity contribution >= 4 is 5.84 Å². The lowest BCUT2D eigenvalue weighted by Crippen LogP contribution is -2.28. The van der Waals surface area contributed by atoms with Crippen molar-refractivity contribution in [3.63, 3.8) is 0 Å². The van der Waals surface area contributed by atoms with Gasteiger partial charge in [0.1, 0.15) is 11.9 Å². The summed E-state index contributed by atoms with van der Waals surface area (Å²) in [5, 5.41) is 11.6. The summed E-state index contributed by atoms with van der Waals surface area (Å²) in [6.07, 6.45) is 0.933. The van der Waals surface area contributed by atoms with E-state index in [-0.39, 0.29) is 0 Å². The molecule has 0 aromatic rings. The van der Waals surface area contributed by atoms with E-state index in [1.54, 1.807) is 14.0 Å². The molecule has 0 spiro atoms. The molecule has 0 aromatic heterocycles. The average molecular weight is 128 g/mol. The fourth-order valence-corrected chi connectivity index (χ4v) is 0.477. The lowest BCUT2D eigenvalue weighted by molar-refractivity contribution is 0.258. The minimum absolute atomic E-state index is 0.532. The molecule has 0 heterocycles. The van der Waals surface area contributed by atoms with Gasteiger partial charge in [-0.05, 0) is 13.1 Å². The molecule has 3 nitrogen and oxygen atoms in total. The van der Waals surface area contributed by atoms with Crippen molar-refractivity contribution in [3.05, 3.63) is 12.8 Å². The van der Waals surface area contributed by atoms with Gasteiger partial charge in [-0.25, -0.2) is 0 Å². The van der Waals surface area contributed by atoms with Crippen LogP contribution in [0.4, 0.5) is 0 Å². The van der Waals surface area contributed by atoms with E-state index >= 15 is 0 Å². The molecule has 0 rings (SSSR count). The van der Waals surface area contributed by atoms with E-state index < -0.39 is 6.10 Å². The number of hydrogen-bond acceptors (Lipinski definition) is 2. The largest absolute Gasteiger partial charge is 0.385 e. The van der Waals surface area contributed by atoms with Gasteiger partial charge in [-0.2, -0.15) is 0 Å². The predicted octanol–water partition coefficient (Wildman–Crippen LogP) is 0.129. The molecule has 9 heavy (non-hydrogen) atoms. The zero-order chi connectivity index (χ0) is 7.28. The third-order valence-electron chi connectivity index (χ3n) is 0.887. The fraction of sp³-hybridized carbons (Fsp3) is 0.500. The third-order valence-corrected chi connectivity index (χ3v) is 0.887. The molecule has 0 amide bonds. The summed E-state index contributed by atoms with van der Waals surface area (Å²) < 4.78 is 0. The van der Waals surface area contributed by atoms with Crippen molar-refractivity contribution in [2.45, 2.75) is 13.0 Å². The van der Waals surface area contributed by atoms with Crippen molar-refractivity contribution in [3.8, 4) is 0 Å². The van der Waals surface area contributed by atoms with Gasteiger partial charge in [-0.3, -0.25) is 4.99 Å². The maximum atomic E-state index is 8.90. The standard InChI is InChI=1S/C6H12N2O/c1-4-8-6(7-3)5(2)9/h4-5,9H,1H2,2-3H3,(H,7,8)/t5-/m0/s1. The van der Waals surface area contributed by atoms with E-state index in [2.05, 4.69) is 16.9 Å². The summed E-state index contributed by atoms with van der Waals surface area (Å²) in [6, 6.07) is 0.